The maximum absolute atomic E-state index is 13.7. The molecule has 3 aromatic rings. The molecule has 1 heterocycles. The SMILES string of the molecule is CC(C)C[C@@H](NC(c1ccc2c(c1)oc1ccc(Br)cc12)C(F)(F)F)C(=O)O. The molecule has 2 aromatic carbocycles. The second-order valence-electron chi connectivity index (χ2n) is 7.16. The first-order valence-electron chi connectivity index (χ1n) is 8.73. The molecule has 0 saturated carbocycles. The van der Waals surface area contributed by atoms with Crippen molar-refractivity contribution in [3.8, 4) is 0 Å². The van der Waals surface area contributed by atoms with Crippen molar-refractivity contribution in [3.05, 3.63) is 46.4 Å². The van der Waals surface area contributed by atoms with E-state index >= 15 is 0 Å². The van der Waals surface area contributed by atoms with Crippen LogP contribution in [0.2, 0.25) is 0 Å². The number of benzene rings is 2. The lowest BCUT2D eigenvalue weighted by atomic mass is 9.99. The van der Waals surface area contributed by atoms with Gasteiger partial charge in [0.15, 0.2) is 0 Å². The fourth-order valence-corrected chi connectivity index (χ4v) is 3.60. The van der Waals surface area contributed by atoms with Crippen LogP contribution >= 0.6 is 15.9 Å². The maximum Gasteiger partial charge on any atom is 0.407 e. The molecule has 0 saturated heterocycles. The summed E-state index contributed by atoms with van der Waals surface area (Å²) in [4.78, 5) is 11.4. The van der Waals surface area contributed by atoms with Crippen molar-refractivity contribution in [2.75, 3.05) is 0 Å². The zero-order valence-corrected chi connectivity index (χ0v) is 16.8. The summed E-state index contributed by atoms with van der Waals surface area (Å²) < 4.78 is 47.7. The molecule has 3 rings (SSSR count). The number of hydrogen-bond donors (Lipinski definition) is 2. The van der Waals surface area contributed by atoms with Crippen LogP contribution in [0.3, 0.4) is 0 Å². The third-order valence-corrected chi connectivity index (χ3v) is 4.98. The summed E-state index contributed by atoms with van der Waals surface area (Å²) in [6, 6.07) is 6.19. The zero-order valence-electron chi connectivity index (χ0n) is 15.2. The van der Waals surface area contributed by atoms with Crippen molar-refractivity contribution in [2.24, 2.45) is 5.92 Å². The summed E-state index contributed by atoms with van der Waals surface area (Å²) in [5, 5.41) is 13.1. The molecule has 8 heteroatoms. The molecule has 150 valence electrons. The summed E-state index contributed by atoms with van der Waals surface area (Å²) in [5.41, 5.74) is 0.792. The topological polar surface area (TPSA) is 62.5 Å². The minimum atomic E-state index is -4.66. The highest BCUT2D eigenvalue weighted by molar-refractivity contribution is 9.10. The molecule has 0 aliphatic carbocycles. The normalized spacial score (nSPS) is 14.7. The lowest BCUT2D eigenvalue weighted by Crippen LogP contribution is -2.45. The highest BCUT2D eigenvalue weighted by Crippen LogP contribution is 2.37. The van der Waals surface area contributed by atoms with Crippen LogP contribution in [0.25, 0.3) is 21.9 Å². The van der Waals surface area contributed by atoms with Crippen molar-refractivity contribution < 1.29 is 27.5 Å². The third-order valence-electron chi connectivity index (χ3n) is 4.49. The van der Waals surface area contributed by atoms with Crippen molar-refractivity contribution in [1.82, 2.24) is 5.32 Å². The summed E-state index contributed by atoms with van der Waals surface area (Å²) in [6.07, 6.45) is -4.57. The number of rotatable bonds is 6. The second-order valence-corrected chi connectivity index (χ2v) is 8.08. The van der Waals surface area contributed by atoms with Crippen molar-refractivity contribution in [1.29, 1.82) is 0 Å². The maximum atomic E-state index is 13.7. The first-order chi connectivity index (χ1) is 13.1. The van der Waals surface area contributed by atoms with Crippen molar-refractivity contribution >= 4 is 43.8 Å². The molecule has 1 aromatic heterocycles. The van der Waals surface area contributed by atoms with E-state index in [-0.39, 0.29) is 17.9 Å². The van der Waals surface area contributed by atoms with Crippen LogP contribution in [-0.2, 0) is 4.79 Å². The van der Waals surface area contributed by atoms with Gasteiger partial charge in [0.25, 0.3) is 0 Å². The van der Waals surface area contributed by atoms with Gasteiger partial charge in [-0.3, -0.25) is 10.1 Å². The van der Waals surface area contributed by atoms with Gasteiger partial charge in [-0.2, -0.15) is 13.2 Å². The van der Waals surface area contributed by atoms with E-state index in [4.69, 9.17) is 4.42 Å². The molecule has 0 spiro atoms. The molecule has 0 aliphatic heterocycles. The Bertz CT molecular complexity index is 1010. The third kappa shape index (κ3) is 4.33. The molecular weight excluding hydrogens is 439 g/mol. The van der Waals surface area contributed by atoms with Crippen LogP contribution in [0.5, 0.6) is 0 Å². The van der Waals surface area contributed by atoms with E-state index in [1.54, 1.807) is 32.0 Å². The van der Waals surface area contributed by atoms with Gasteiger partial charge in [-0.25, -0.2) is 0 Å². The van der Waals surface area contributed by atoms with Crippen LogP contribution < -0.4 is 5.32 Å². The molecule has 0 amide bonds. The van der Waals surface area contributed by atoms with Crippen LogP contribution in [0.15, 0.2) is 45.3 Å². The number of hydrogen-bond acceptors (Lipinski definition) is 3. The Hall–Kier alpha value is -2.06. The number of nitrogens with one attached hydrogen (secondary N) is 1. The standard InChI is InChI=1S/C20H19BrF3NO3/c1-10(2)7-15(19(26)27)25-18(20(22,23)24)11-3-5-13-14-9-12(21)4-6-16(14)28-17(13)8-11/h3-6,8-10,15,18,25H,7H2,1-2H3,(H,26,27)/t15-,18?/m1/s1. The van der Waals surface area contributed by atoms with Gasteiger partial charge in [0.1, 0.15) is 23.2 Å². The Morgan fingerprint density at radius 3 is 2.46 bits per heavy atom. The average molecular weight is 458 g/mol. The van der Waals surface area contributed by atoms with Gasteiger partial charge in [-0.05, 0) is 42.2 Å². The minimum absolute atomic E-state index is 0.0706. The predicted octanol–water partition coefficient (Wildman–Crippen LogP) is 6.04. The van der Waals surface area contributed by atoms with E-state index in [9.17, 15) is 23.1 Å². The van der Waals surface area contributed by atoms with Crippen LogP contribution in [-0.4, -0.2) is 23.3 Å². The first kappa shape index (κ1) is 20.7. The molecular formula is C20H19BrF3NO3. The predicted molar refractivity (Wildman–Crippen MR) is 104 cm³/mol. The Kier molecular flexibility index (Phi) is 5.72. The van der Waals surface area contributed by atoms with E-state index in [1.807, 2.05) is 6.07 Å². The summed E-state index contributed by atoms with van der Waals surface area (Å²) in [5.74, 6) is -1.38. The molecule has 4 nitrogen and oxygen atoms in total. The average Bonchev–Trinajstić information content (AvgIpc) is 2.93. The molecule has 0 fully saturated rings. The number of halogens is 4. The van der Waals surface area contributed by atoms with Gasteiger partial charge in [0.2, 0.25) is 0 Å². The fraction of sp³-hybridized carbons (Fsp3) is 0.350. The fourth-order valence-electron chi connectivity index (χ4n) is 3.24. The Labute approximate surface area is 167 Å². The second kappa shape index (κ2) is 7.75. The molecule has 0 bridgehead atoms. The lowest BCUT2D eigenvalue weighted by molar-refractivity contribution is -0.163. The van der Waals surface area contributed by atoms with E-state index < -0.39 is 24.2 Å². The van der Waals surface area contributed by atoms with Gasteiger partial charge < -0.3 is 9.52 Å². The number of fused-ring (bicyclic) bond motifs is 3. The summed E-state index contributed by atoms with van der Waals surface area (Å²) in [6.45, 7) is 3.53. The van der Waals surface area contributed by atoms with E-state index in [2.05, 4.69) is 21.2 Å². The Balaban J connectivity index is 2.03. The van der Waals surface area contributed by atoms with E-state index in [0.29, 0.717) is 16.6 Å². The van der Waals surface area contributed by atoms with Gasteiger partial charge in [-0.15, -0.1) is 0 Å². The summed E-state index contributed by atoms with van der Waals surface area (Å²) >= 11 is 3.37. The Morgan fingerprint density at radius 1 is 1.14 bits per heavy atom. The number of alkyl halides is 3. The molecule has 2 atom stereocenters. The quantitative estimate of drug-likeness (QED) is 0.473. The van der Waals surface area contributed by atoms with Crippen LogP contribution in [0.4, 0.5) is 13.2 Å². The van der Waals surface area contributed by atoms with Crippen molar-refractivity contribution in [3.63, 3.8) is 0 Å². The molecule has 1 unspecified atom stereocenters. The lowest BCUT2D eigenvalue weighted by Gasteiger charge is -2.26. The van der Waals surface area contributed by atoms with Crippen LogP contribution in [0.1, 0.15) is 31.9 Å². The van der Waals surface area contributed by atoms with Crippen molar-refractivity contribution in [2.45, 2.75) is 38.5 Å². The number of carboxylic acids is 1. The highest BCUT2D eigenvalue weighted by Gasteiger charge is 2.43. The zero-order chi connectivity index (χ0) is 20.6. The molecule has 0 radical (unpaired) electrons. The number of aliphatic carboxylic acids is 1. The smallest absolute Gasteiger partial charge is 0.407 e. The number of carbonyl (C=O) groups is 1. The highest BCUT2D eigenvalue weighted by atomic mass is 79.9. The molecule has 28 heavy (non-hydrogen) atoms. The van der Waals surface area contributed by atoms with Gasteiger partial charge >= 0.3 is 12.1 Å². The number of furan rings is 1. The Morgan fingerprint density at radius 2 is 1.86 bits per heavy atom. The monoisotopic (exact) mass is 457 g/mol. The first-order valence-corrected chi connectivity index (χ1v) is 9.53. The van der Waals surface area contributed by atoms with E-state index in [1.165, 1.54) is 12.1 Å². The minimum Gasteiger partial charge on any atom is -0.480 e. The van der Waals surface area contributed by atoms with E-state index in [0.717, 1.165) is 9.86 Å². The number of carboxylic acid groups (broad SMARTS) is 1. The van der Waals surface area contributed by atoms with Gasteiger partial charge in [0, 0.05) is 15.2 Å². The van der Waals surface area contributed by atoms with Crippen LogP contribution in [0, 0.1) is 5.92 Å². The molecule has 2 N–H and O–H groups in total. The van der Waals surface area contributed by atoms with Gasteiger partial charge in [0.05, 0.1) is 0 Å². The van der Waals surface area contributed by atoms with Gasteiger partial charge in [-0.1, -0.05) is 41.9 Å². The molecule has 0 aliphatic rings. The largest absolute Gasteiger partial charge is 0.480 e. The summed E-state index contributed by atoms with van der Waals surface area (Å²) in [7, 11) is 0.